The van der Waals surface area contributed by atoms with E-state index >= 15 is 0 Å². The van der Waals surface area contributed by atoms with Crippen molar-refractivity contribution in [3.8, 4) is 0 Å². The molecule has 0 unspecified atom stereocenters. The van der Waals surface area contributed by atoms with Crippen molar-refractivity contribution >= 4 is 45.3 Å². The van der Waals surface area contributed by atoms with Crippen LogP contribution in [0.2, 0.25) is 0 Å². The number of sulfonamides is 1. The lowest BCUT2D eigenvalue weighted by molar-refractivity contribution is -0.150. The molecule has 1 fully saturated rings. The van der Waals surface area contributed by atoms with Gasteiger partial charge in [0.2, 0.25) is 15.9 Å². The van der Waals surface area contributed by atoms with E-state index in [4.69, 9.17) is 4.74 Å². The van der Waals surface area contributed by atoms with Crippen LogP contribution in [0.15, 0.2) is 29.2 Å². The first kappa shape index (κ1) is 22.2. The van der Waals surface area contributed by atoms with E-state index in [1.165, 1.54) is 45.2 Å². The topological polar surface area (TPSA) is 113 Å². The Morgan fingerprint density at radius 3 is 2.39 bits per heavy atom. The average Bonchev–Trinajstić information content (AvgIpc) is 3.06. The van der Waals surface area contributed by atoms with E-state index in [0.717, 1.165) is 0 Å². The predicted octanol–water partition coefficient (Wildman–Crippen LogP) is 0.732. The molecule has 0 radical (unpaired) electrons. The molecular weight excluding hydrogens is 406 g/mol. The summed E-state index contributed by atoms with van der Waals surface area (Å²) in [6.07, 6.45) is 0. The molecule has 1 aromatic carbocycles. The van der Waals surface area contributed by atoms with Crippen LogP contribution >= 0.6 is 11.8 Å². The van der Waals surface area contributed by atoms with Crippen LogP contribution < -0.4 is 5.32 Å². The van der Waals surface area contributed by atoms with Gasteiger partial charge >= 0.3 is 5.97 Å². The van der Waals surface area contributed by atoms with E-state index in [-0.39, 0.29) is 17.3 Å². The molecule has 1 saturated heterocycles. The molecule has 154 valence electrons. The SMILES string of the molecule is CCN(CC)S(=O)(=O)c1ccc(NC(=O)COC(=O)CN2CSCC2=O)cc1. The lowest BCUT2D eigenvalue weighted by atomic mass is 10.3. The van der Waals surface area contributed by atoms with E-state index in [1.54, 1.807) is 13.8 Å². The molecule has 1 heterocycles. The van der Waals surface area contributed by atoms with Crippen LogP contribution in [0.3, 0.4) is 0 Å². The summed E-state index contributed by atoms with van der Waals surface area (Å²) >= 11 is 1.41. The monoisotopic (exact) mass is 429 g/mol. The second-order valence-corrected chi connectivity index (χ2v) is 8.78. The number of hydrogen-bond donors (Lipinski definition) is 1. The first-order chi connectivity index (χ1) is 13.3. The fourth-order valence-corrected chi connectivity index (χ4v) is 4.87. The number of rotatable bonds is 9. The average molecular weight is 430 g/mol. The number of amides is 2. The number of ether oxygens (including phenoxy) is 1. The summed E-state index contributed by atoms with van der Waals surface area (Å²) in [5, 5.41) is 2.53. The first-order valence-electron chi connectivity index (χ1n) is 8.69. The highest BCUT2D eigenvalue weighted by Crippen LogP contribution is 2.18. The van der Waals surface area contributed by atoms with Gasteiger partial charge in [0.15, 0.2) is 6.61 Å². The van der Waals surface area contributed by atoms with E-state index in [0.29, 0.717) is 30.4 Å². The Morgan fingerprint density at radius 1 is 1.21 bits per heavy atom. The molecule has 0 aromatic heterocycles. The zero-order chi connectivity index (χ0) is 20.7. The number of anilines is 1. The summed E-state index contributed by atoms with van der Waals surface area (Å²) in [6.45, 7) is 3.57. The zero-order valence-corrected chi connectivity index (χ0v) is 17.3. The van der Waals surface area contributed by atoms with Crippen molar-refractivity contribution in [2.24, 2.45) is 0 Å². The Bertz CT molecular complexity index is 822. The Hall–Kier alpha value is -2.11. The molecule has 0 saturated carbocycles. The van der Waals surface area contributed by atoms with Crippen LogP contribution in [-0.2, 0) is 29.1 Å². The number of hydrogen-bond acceptors (Lipinski definition) is 7. The third kappa shape index (κ3) is 5.69. The molecule has 0 bridgehead atoms. The van der Waals surface area contributed by atoms with Gasteiger partial charge in [0, 0.05) is 18.8 Å². The Balaban J connectivity index is 1.85. The van der Waals surface area contributed by atoms with Gasteiger partial charge in [0.1, 0.15) is 6.54 Å². The maximum absolute atomic E-state index is 12.4. The highest BCUT2D eigenvalue weighted by Gasteiger charge is 2.24. The summed E-state index contributed by atoms with van der Waals surface area (Å²) in [7, 11) is -3.57. The molecule has 1 aliphatic rings. The Labute approximate surface area is 168 Å². The largest absolute Gasteiger partial charge is 0.454 e. The molecule has 2 rings (SSSR count). The number of carbonyl (C=O) groups is 3. The van der Waals surface area contributed by atoms with E-state index < -0.39 is 28.5 Å². The van der Waals surface area contributed by atoms with Crippen LogP contribution in [0.1, 0.15) is 13.8 Å². The second kappa shape index (κ2) is 9.89. The first-order valence-corrected chi connectivity index (χ1v) is 11.3. The van der Waals surface area contributed by atoms with Crippen molar-refractivity contribution in [1.82, 2.24) is 9.21 Å². The zero-order valence-electron chi connectivity index (χ0n) is 15.7. The van der Waals surface area contributed by atoms with Crippen LogP contribution in [0.4, 0.5) is 5.69 Å². The molecule has 0 spiro atoms. The molecule has 1 aromatic rings. The maximum Gasteiger partial charge on any atom is 0.326 e. The quantitative estimate of drug-likeness (QED) is 0.576. The van der Waals surface area contributed by atoms with Gasteiger partial charge < -0.3 is 15.0 Å². The summed E-state index contributed by atoms with van der Waals surface area (Å²) in [5.74, 6) is -0.580. The smallest absolute Gasteiger partial charge is 0.326 e. The predicted molar refractivity (Wildman–Crippen MR) is 105 cm³/mol. The third-order valence-corrected chi connectivity index (χ3v) is 7.00. The van der Waals surface area contributed by atoms with Gasteiger partial charge in [-0.2, -0.15) is 4.31 Å². The number of nitrogens with zero attached hydrogens (tertiary/aromatic N) is 2. The molecular formula is C17H23N3O6S2. The van der Waals surface area contributed by atoms with E-state index in [9.17, 15) is 22.8 Å². The van der Waals surface area contributed by atoms with Gasteiger partial charge in [0.05, 0.1) is 16.5 Å². The molecule has 1 N–H and O–H groups in total. The molecule has 0 atom stereocenters. The summed E-state index contributed by atoms with van der Waals surface area (Å²) < 4.78 is 31.0. The minimum atomic E-state index is -3.57. The van der Waals surface area contributed by atoms with Crippen molar-refractivity contribution in [1.29, 1.82) is 0 Å². The maximum atomic E-state index is 12.4. The number of esters is 1. The van der Waals surface area contributed by atoms with Gasteiger partial charge in [-0.25, -0.2) is 8.42 Å². The van der Waals surface area contributed by atoms with Crippen molar-refractivity contribution in [2.45, 2.75) is 18.7 Å². The van der Waals surface area contributed by atoms with E-state index in [2.05, 4.69) is 5.32 Å². The highest BCUT2D eigenvalue weighted by atomic mass is 32.2. The minimum absolute atomic E-state index is 0.133. The van der Waals surface area contributed by atoms with Gasteiger partial charge in [-0.05, 0) is 24.3 Å². The molecule has 1 aliphatic heterocycles. The van der Waals surface area contributed by atoms with Crippen LogP contribution in [0, 0.1) is 0 Å². The van der Waals surface area contributed by atoms with Crippen molar-refractivity contribution in [3.05, 3.63) is 24.3 Å². The Morgan fingerprint density at radius 2 is 1.86 bits per heavy atom. The number of carbonyl (C=O) groups excluding carboxylic acids is 3. The standard InChI is InChI=1S/C17H23N3O6S2/c1-3-20(4-2)28(24,25)14-7-5-13(6-8-14)18-15(21)10-26-17(23)9-19-12-27-11-16(19)22/h5-8H,3-4,9-12H2,1-2H3,(H,18,21). The number of thioether (sulfide) groups is 1. The fraction of sp³-hybridized carbons (Fsp3) is 0.471. The number of nitrogens with one attached hydrogen (secondary N) is 1. The van der Waals surface area contributed by atoms with Crippen LogP contribution in [0.25, 0.3) is 0 Å². The molecule has 0 aliphatic carbocycles. The lowest BCUT2D eigenvalue weighted by Crippen LogP contribution is -2.33. The van der Waals surface area contributed by atoms with Gasteiger partial charge in [-0.1, -0.05) is 13.8 Å². The summed E-state index contributed by atoms with van der Waals surface area (Å²) in [5.41, 5.74) is 0.380. The van der Waals surface area contributed by atoms with Gasteiger partial charge in [-0.3, -0.25) is 14.4 Å². The second-order valence-electron chi connectivity index (χ2n) is 5.89. The molecule has 28 heavy (non-hydrogen) atoms. The normalized spacial score (nSPS) is 14.4. The summed E-state index contributed by atoms with van der Waals surface area (Å²) in [4.78, 5) is 36.5. The Kier molecular flexibility index (Phi) is 7.84. The molecule has 9 nitrogen and oxygen atoms in total. The number of benzene rings is 1. The van der Waals surface area contributed by atoms with E-state index in [1.807, 2.05) is 0 Å². The summed E-state index contributed by atoms with van der Waals surface area (Å²) in [6, 6.07) is 5.75. The van der Waals surface area contributed by atoms with Gasteiger partial charge in [0.25, 0.3) is 5.91 Å². The van der Waals surface area contributed by atoms with Crippen molar-refractivity contribution in [2.75, 3.05) is 43.2 Å². The lowest BCUT2D eigenvalue weighted by Gasteiger charge is -2.18. The van der Waals surface area contributed by atoms with Crippen molar-refractivity contribution < 1.29 is 27.5 Å². The minimum Gasteiger partial charge on any atom is -0.454 e. The van der Waals surface area contributed by atoms with Crippen LogP contribution in [0.5, 0.6) is 0 Å². The molecule has 11 heteroatoms. The highest BCUT2D eigenvalue weighted by molar-refractivity contribution is 8.00. The fourth-order valence-electron chi connectivity index (χ4n) is 2.51. The van der Waals surface area contributed by atoms with Gasteiger partial charge in [-0.15, -0.1) is 11.8 Å². The van der Waals surface area contributed by atoms with Crippen LogP contribution in [-0.4, -0.2) is 73.3 Å². The molecule has 2 amide bonds. The third-order valence-electron chi connectivity index (χ3n) is 3.99. The van der Waals surface area contributed by atoms with Crippen molar-refractivity contribution in [3.63, 3.8) is 0 Å².